The first-order valence-electron chi connectivity index (χ1n) is 2.93. The summed E-state index contributed by atoms with van der Waals surface area (Å²) in [6.45, 7) is 2.51. The predicted octanol–water partition coefficient (Wildman–Crippen LogP) is 0.545. The molecule has 4 heteroatoms. The fourth-order valence-corrected chi connectivity index (χ4v) is 0.714. The lowest BCUT2D eigenvalue weighted by molar-refractivity contribution is 0.462. The van der Waals surface area contributed by atoms with E-state index in [9.17, 15) is 0 Å². The first-order chi connectivity index (χ1) is 4.27. The van der Waals surface area contributed by atoms with Gasteiger partial charge in [-0.05, 0) is 13.5 Å². The summed E-state index contributed by atoms with van der Waals surface area (Å²) in [7, 11) is 0. The predicted molar refractivity (Wildman–Crippen MR) is 35.4 cm³/mol. The van der Waals surface area contributed by atoms with Gasteiger partial charge in [0, 0.05) is 6.42 Å². The van der Waals surface area contributed by atoms with E-state index >= 15 is 0 Å². The van der Waals surface area contributed by atoms with Gasteiger partial charge in [0.2, 0.25) is 0 Å². The average molecular weight is 126 g/mol. The molecule has 0 saturated carbocycles. The highest BCUT2D eigenvalue weighted by atomic mass is 15.3. The summed E-state index contributed by atoms with van der Waals surface area (Å²) in [5, 5.41) is 7.51. The molecule has 1 atom stereocenters. The minimum atomic E-state index is -0.352. The third-order valence-corrected chi connectivity index (χ3v) is 1.28. The maximum Gasteiger partial charge on any atom is 0.171 e. The SMILES string of the molecule is CC1(CCN)N=CN=N1. The van der Waals surface area contributed by atoms with Crippen LogP contribution in [0.2, 0.25) is 0 Å². The van der Waals surface area contributed by atoms with E-state index in [1.807, 2.05) is 6.92 Å². The molecule has 9 heavy (non-hydrogen) atoms. The van der Waals surface area contributed by atoms with Gasteiger partial charge in [-0.3, -0.25) is 0 Å². The zero-order valence-corrected chi connectivity index (χ0v) is 5.41. The number of azo groups is 1. The van der Waals surface area contributed by atoms with Crippen LogP contribution in [0.25, 0.3) is 0 Å². The third kappa shape index (κ3) is 1.32. The van der Waals surface area contributed by atoms with Crippen LogP contribution in [0.1, 0.15) is 13.3 Å². The van der Waals surface area contributed by atoms with Gasteiger partial charge >= 0.3 is 0 Å². The second kappa shape index (κ2) is 2.23. The van der Waals surface area contributed by atoms with Crippen molar-refractivity contribution < 1.29 is 0 Å². The average Bonchev–Trinajstić information content (AvgIpc) is 2.16. The molecule has 0 amide bonds. The van der Waals surface area contributed by atoms with E-state index in [0.717, 1.165) is 6.42 Å². The topological polar surface area (TPSA) is 63.1 Å². The number of nitrogens with zero attached hydrogens (tertiary/aromatic N) is 3. The number of aliphatic imine (C=N–C) groups is 1. The van der Waals surface area contributed by atoms with Crippen LogP contribution in [0.5, 0.6) is 0 Å². The van der Waals surface area contributed by atoms with Crippen molar-refractivity contribution in [2.45, 2.75) is 19.0 Å². The molecule has 0 aromatic rings. The lowest BCUT2D eigenvalue weighted by Crippen LogP contribution is -2.20. The quantitative estimate of drug-likeness (QED) is 0.576. The van der Waals surface area contributed by atoms with Crippen LogP contribution in [-0.4, -0.2) is 18.5 Å². The molecular formula is C5H10N4. The van der Waals surface area contributed by atoms with E-state index in [-0.39, 0.29) is 5.66 Å². The van der Waals surface area contributed by atoms with Crippen molar-refractivity contribution in [3.8, 4) is 0 Å². The van der Waals surface area contributed by atoms with Crippen LogP contribution < -0.4 is 5.73 Å². The summed E-state index contributed by atoms with van der Waals surface area (Å²) < 4.78 is 0. The van der Waals surface area contributed by atoms with Crippen molar-refractivity contribution in [2.24, 2.45) is 21.0 Å². The molecule has 1 heterocycles. The standard InChI is InChI=1S/C5H10N4/c1-5(2-3-6)7-4-8-9-5/h4H,2-3,6H2,1H3. The van der Waals surface area contributed by atoms with E-state index < -0.39 is 0 Å². The van der Waals surface area contributed by atoms with Crippen molar-refractivity contribution in [1.29, 1.82) is 0 Å². The molecular weight excluding hydrogens is 116 g/mol. The van der Waals surface area contributed by atoms with Gasteiger partial charge in [-0.1, -0.05) is 0 Å². The van der Waals surface area contributed by atoms with Crippen molar-refractivity contribution in [2.75, 3.05) is 6.54 Å². The molecule has 0 aromatic heterocycles. The molecule has 1 aliphatic heterocycles. The van der Waals surface area contributed by atoms with Gasteiger partial charge in [0.1, 0.15) is 6.34 Å². The zero-order valence-electron chi connectivity index (χ0n) is 5.41. The van der Waals surface area contributed by atoms with Gasteiger partial charge in [0.15, 0.2) is 5.66 Å². The Morgan fingerprint density at radius 3 is 2.89 bits per heavy atom. The van der Waals surface area contributed by atoms with Crippen LogP contribution in [0.4, 0.5) is 0 Å². The van der Waals surface area contributed by atoms with Crippen molar-refractivity contribution in [3.63, 3.8) is 0 Å². The second-order valence-electron chi connectivity index (χ2n) is 2.22. The molecule has 0 bridgehead atoms. The summed E-state index contributed by atoms with van der Waals surface area (Å²) in [4.78, 5) is 4.02. The lowest BCUT2D eigenvalue weighted by atomic mass is 10.1. The molecule has 0 aromatic carbocycles. The number of rotatable bonds is 2. The molecule has 0 fully saturated rings. The van der Waals surface area contributed by atoms with Crippen LogP contribution in [0, 0.1) is 0 Å². The minimum Gasteiger partial charge on any atom is -0.330 e. The number of hydrogen-bond donors (Lipinski definition) is 1. The van der Waals surface area contributed by atoms with Gasteiger partial charge in [0.05, 0.1) is 0 Å². The summed E-state index contributed by atoms with van der Waals surface area (Å²) in [6, 6.07) is 0. The maximum absolute atomic E-state index is 5.32. The molecule has 0 spiro atoms. The number of nitrogens with two attached hydrogens (primary N) is 1. The monoisotopic (exact) mass is 126 g/mol. The molecule has 1 unspecified atom stereocenters. The second-order valence-corrected chi connectivity index (χ2v) is 2.22. The Hall–Kier alpha value is -0.770. The summed E-state index contributed by atoms with van der Waals surface area (Å²) in [5.74, 6) is 0. The highest BCUT2D eigenvalue weighted by Gasteiger charge is 2.22. The largest absolute Gasteiger partial charge is 0.330 e. The molecule has 50 valence electrons. The van der Waals surface area contributed by atoms with E-state index in [1.165, 1.54) is 6.34 Å². The summed E-state index contributed by atoms with van der Waals surface area (Å²) >= 11 is 0. The lowest BCUT2D eigenvalue weighted by Gasteiger charge is -2.12. The Balaban J connectivity index is 2.53. The van der Waals surface area contributed by atoms with Crippen LogP contribution in [0.15, 0.2) is 15.2 Å². The summed E-state index contributed by atoms with van der Waals surface area (Å²) in [5.41, 5.74) is 4.97. The van der Waals surface area contributed by atoms with Crippen LogP contribution in [0.3, 0.4) is 0 Å². The van der Waals surface area contributed by atoms with Gasteiger partial charge < -0.3 is 5.73 Å². The van der Waals surface area contributed by atoms with E-state index in [4.69, 9.17) is 5.73 Å². The van der Waals surface area contributed by atoms with Crippen LogP contribution in [-0.2, 0) is 0 Å². The Labute approximate surface area is 53.9 Å². The first kappa shape index (κ1) is 6.35. The highest BCUT2D eigenvalue weighted by Crippen LogP contribution is 2.19. The van der Waals surface area contributed by atoms with Crippen LogP contribution >= 0.6 is 0 Å². The Morgan fingerprint density at radius 2 is 2.44 bits per heavy atom. The Morgan fingerprint density at radius 1 is 1.67 bits per heavy atom. The van der Waals surface area contributed by atoms with Gasteiger partial charge in [0.25, 0.3) is 0 Å². The molecule has 2 N–H and O–H groups in total. The molecule has 0 saturated heterocycles. The van der Waals surface area contributed by atoms with E-state index in [2.05, 4.69) is 15.2 Å². The zero-order chi connectivity index (χ0) is 6.74. The number of hydrogen-bond acceptors (Lipinski definition) is 4. The molecule has 1 aliphatic rings. The van der Waals surface area contributed by atoms with E-state index in [0.29, 0.717) is 6.54 Å². The van der Waals surface area contributed by atoms with Gasteiger partial charge in [-0.25, -0.2) is 4.99 Å². The van der Waals surface area contributed by atoms with Crippen molar-refractivity contribution >= 4 is 6.34 Å². The van der Waals surface area contributed by atoms with Crippen molar-refractivity contribution in [1.82, 2.24) is 0 Å². The molecule has 1 rings (SSSR count). The summed E-state index contributed by atoms with van der Waals surface area (Å²) in [6.07, 6.45) is 2.24. The fourth-order valence-electron chi connectivity index (χ4n) is 0.714. The molecule has 4 nitrogen and oxygen atoms in total. The minimum absolute atomic E-state index is 0.352. The highest BCUT2D eigenvalue weighted by molar-refractivity contribution is 5.57. The fraction of sp³-hybridized carbons (Fsp3) is 0.800. The Bertz CT molecular complexity index is 137. The van der Waals surface area contributed by atoms with Gasteiger partial charge in [-0.2, -0.15) is 5.11 Å². The first-order valence-corrected chi connectivity index (χ1v) is 2.93. The third-order valence-electron chi connectivity index (χ3n) is 1.28. The van der Waals surface area contributed by atoms with Gasteiger partial charge in [-0.15, -0.1) is 5.11 Å². The Kier molecular flexibility index (Phi) is 1.57. The van der Waals surface area contributed by atoms with Crippen molar-refractivity contribution in [3.05, 3.63) is 0 Å². The smallest absolute Gasteiger partial charge is 0.171 e. The molecule has 0 aliphatic carbocycles. The van der Waals surface area contributed by atoms with E-state index in [1.54, 1.807) is 0 Å². The normalized spacial score (nSPS) is 31.8. The molecule has 0 radical (unpaired) electrons. The maximum atomic E-state index is 5.32.